The van der Waals surface area contributed by atoms with Gasteiger partial charge in [-0.25, -0.2) is 13.1 Å². The average molecular weight is 248 g/mol. The van der Waals surface area contributed by atoms with E-state index in [1.807, 2.05) is 21.0 Å². The number of nitrogens with one attached hydrogen (secondary N) is 1. The first kappa shape index (κ1) is 13.9. The van der Waals surface area contributed by atoms with Crippen molar-refractivity contribution in [2.75, 3.05) is 20.6 Å². The van der Waals surface area contributed by atoms with Crippen molar-refractivity contribution in [3.63, 3.8) is 0 Å². The van der Waals surface area contributed by atoms with Crippen molar-refractivity contribution in [3.05, 3.63) is 0 Å². The molecule has 1 rings (SSSR count). The van der Waals surface area contributed by atoms with Crippen LogP contribution in [0.3, 0.4) is 0 Å². The van der Waals surface area contributed by atoms with E-state index in [4.69, 9.17) is 0 Å². The molecule has 96 valence electrons. The third-order valence-electron chi connectivity index (χ3n) is 3.20. The number of hydrogen-bond donors (Lipinski definition) is 1. The van der Waals surface area contributed by atoms with Gasteiger partial charge < -0.3 is 4.90 Å². The van der Waals surface area contributed by atoms with Gasteiger partial charge in [-0.15, -0.1) is 0 Å². The molecule has 0 spiro atoms. The van der Waals surface area contributed by atoms with Crippen LogP contribution in [0.2, 0.25) is 0 Å². The maximum absolute atomic E-state index is 11.8. The molecule has 5 heteroatoms. The zero-order valence-corrected chi connectivity index (χ0v) is 11.8. The van der Waals surface area contributed by atoms with Crippen LogP contribution in [0, 0.1) is 5.41 Å². The van der Waals surface area contributed by atoms with Crippen LogP contribution >= 0.6 is 0 Å². The second-order valence-corrected chi connectivity index (χ2v) is 7.80. The second-order valence-electron chi connectivity index (χ2n) is 5.81. The highest BCUT2D eigenvalue weighted by molar-refractivity contribution is 7.90. The van der Waals surface area contributed by atoms with Crippen LogP contribution in [0.4, 0.5) is 0 Å². The van der Waals surface area contributed by atoms with Gasteiger partial charge in [0.05, 0.1) is 5.25 Å². The van der Waals surface area contributed by atoms with Gasteiger partial charge in [0.2, 0.25) is 10.0 Å². The quantitative estimate of drug-likeness (QED) is 0.764. The number of sulfonamides is 1. The van der Waals surface area contributed by atoms with Crippen molar-refractivity contribution >= 4 is 10.0 Å². The summed E-state index contributed by atoms with van der Waals surface area (Å²) in [6.45, 7) is 6.99. The lowest BCUT2D eigenvalue weighted by Gasteiger charge is -2.34. The standard InChI is InChI=1S/C11H24N2O2S/c1-9(11(2,3)8-13(4)5)12-16(14,15)10-6-7-10/h9-10,12H,6-8H2,1-5H3/t9-/m0/s1. The van der Waals surface area contributed by atoms with Crippen molar-refractivity contribution in [2.45, 2.75) is 44.9 Å². The molecule has 0 radical (unpaired) electrons. The van der Waals surface area contributed by atoms with E-state index in [9.17, 15) is 8.42 Å². The predicted octanol–water partition coefficient (Wildman–Crippen LogP) is 1.04. The number of rotatable bonds is 6. The molecule has 1 atom stereocenters. The molecule has 16 heavy (non-hydrogen) atoms. The zero-order valence-electron chi connectivity index (χ0n) is 10.9. The Labute approximate surface area is 99.5 Å². The first-order chi connectivity index (χ1) is 7.15. The maximum atomic E-state index is 11.8. The lowest BCUT2D eigenvalue weighted by molar-refractivity contribution is 0.198. The minimum atomic E-state index is -3.07. The van der Waals surface area contributed by atoms with Gasteiger partial charge >= 0.3 is 0 Å². The summed E-state index contributed by atoms with van der Waals surface area (Å²) in [7, 11) is 0.934. The first-order valence-corrected chi connectivity index (χ1v) is 7.35. The monoisotopic (exact) mass is 248 g/mol. The molecule has 1 fully saturated rings. The van der Waals surface area contributed by atoms with Crippen molar-refractivity contribution < 1.29 is 8.42 Å². The minimum absolute atomic E-state index is 0.0412. The molecule has 0 heterocycles. The topological polar surface area (TPSA) is 49.4 Å². The van der Waals surface area contributed by atoms with Gasteiger partial charge in [-0.2, -0.15) is 0 Å². The van der Waals surface area contributed by atoms with Crippen LogP contribution in [0.5, 0.6) is 0 Å². The smallest absolute Gasteiger partial charge is 0.214 e. The fraction of sp³-hybridized carbons (Fsp3) is 1.00. The summed E-state index contributed by atoms with van der Waals surface area (Å²) in [5, 5.41) is -0.134. The predicted molar refractivity (Wildman–Crippen MR) is 66.9 cm³/mol. The van der Waals surface area contributed by atoms with Crippen LogP contribution < -0.4 is 4.72 Å². The molecule has 1 saturated carbocycles. The molecule has 0 saturated heterocycles. The summed E-state index contributed by atoms with van der Waals surface area (Å²) in [5.74, 6) is 0. The Kier molecular flexibility index (Phi) is 4.03. The molecule has 0 aliphatic heterocycles. The van der Waals surface area contributed by atoms with Gasteiger partial charge in [-0.3, -0.25) is 0 Å². The molecular formula is C11H24N2O2S. The molecule has 0 aromatic heterocycles. The first-order valence-electron chi connectivity index (χ1n) is 5.81. The van der Waals surface area contributed by atoms with E-state index in [1.165, 1.54) is 0 Å². The third kappa shape index (κ3) is 3.71. The Morgan fingerprint density at radius 3 is 2.25 bits per heavy atom. The largest absolute Gasteiger partial charge is 0.309 e. The van der Waals surface area contributed by atoms with Gasteiger partial charge in [0.15, 0.2) is 0 Å². The fourth-order valence-electron chi connectivity index (χ4n) is 1.83. The van der Waals surface area contributed by atoms with E-state index in [2.05, 4.69) is 23.5 Å². The van der Waals surface area contributed by atoms with E-state index >= 15 is 0 Å². The van der Waals surface area contributed by atoms with Crippen LogP contribution in [0.25, 0.3) is 0 Å². The Bertz CT molecular complexity index is 332. The number of nitrogens with zero attached hydrogens (tertiary/aromatic N) is 1. The molecule has 0 amide bonds. The van der Waals surface area contributed by atoms with Gasteiger partial charge in [-0.05, 0) is 39.3 Å². The molecule has 0 bridgehead atoms. The lowest BCUT2D eigenvalue weighted by Crippen LogP contribution is -2.48. The average Bonchev–Trinajstić information content (AvgIpc) is 2.81. The summed E-state index contributed by atoms with van der Waals surface area (Å²) in [5.41, 5.74) is -0.0640. The summed E-state index contributed by atoms with van der Waals surface area (Å²) in [4.78, 5) is 2.09. The molecule has 0 aromatic carbocycles. The fourth-order valence-corrected chi connectivity index (χ4v) is 3.59. The summed E-state index contributed by atoms with van der Waals surface area (Å²) in [6.07, 6.45) is 1.63. The van der Waals surface area contributed by atoms with E-state index in [0.29, 0.717) is 0 Å². The van der Waals surface area contributed by atoms with Crippen LogP contribution in [0.15, 0.2) is 0 Å². The molecule has 1 aliphatic rings. The van der Waals surface area contributed by atoms with Crippen LogP contribution in [-0.4, -0.2) is 45.2 Å². The Hall–Kier alpha value is -0.130. The lowest BCUT2D eigenvalue weighted by atomic mass is 9.85. The summed E-state index contributed by atoms with van der Waals surface area (Å²) >= 11 is 0. The highest BCUT2D eigenvalue weighted by Gasteiger charge is 2.39. The van der Waals surface area contributed by atoms with Gasteiger partial charge in [-0.1, -0.05) is 13.8 Å². The highest BCUT2D eigenvalue weighted by Crippen LogP contribution is 2.29. The third-order valence-corrected chi connectivity index (χ3v) is 5.23. The van der Waals surface area contributed by atoms with E-state index in [1.54, 1.807) is 0 Å². The Balaban J connectivity index is 2.59. The van der Waals surface area contributed by atoms with Crippen LogP contribution in [-0.2, 0) is 10.0 Å². The maximum Gasteiger partial charge on any atom is 0.214 e. The van der Waals surface area contributed by atoms with Gasteiger partial charge in [0, 0.05) is 12.6 Å². The summed E-state index contributed by atoms with van der Waals surface area (Å²) < 4.78 is 26.4. The van der Waals surface area contributed by atoms with Crippen molar-refractivity contribution in [1.29, 1.82) is 0 Å². The van der Waals surface area contributed by atoms with Crippen LogP contribution in [0.1, 0.15) is 33.6 Å². The molecule has 1 aliphatic carbocycles. The summed E-state index contributed by atoms with van der Waals surface area (Å²) in [6, 6.07) is -0.0412. The van der Waals surface area contributed by atoms with E-state index < -0.39 is 10.0 Å². The molecule has 1 N–H and O–H groups in total. The normalized spacial score (nSPS) is 20.1. The molecule has 0 aromatic rings. The van der Waals surface area contributed by atoms with E-state index in [0.717, 1.165) is 19.4 Å². The minimum Gasteiger partial charge on any atom is -0.309 e. The zero-order chi connectivity index (χ0) is 12.6. The van der Waals surface area contributed by atoms with Gasteiger partial charge in [0.25, 0.3) is 0 Å². The highest BCUT2D eigenvalue weighted by atomic mass is 32.2. The number of hydrogen-bond acceptors (Lipinski definition) is 3. The molecule has 4 nitrogen and oxygen atoms in total. The SMILES string of the molecule is C[C@H](NS(=O)(=O)C1CC1)C(C)(C)CN(C)C. The van der Waals surface area contributed by atoms with Crippen molar-refractivity contribution in [2.24, 2.45) is 5.41 Å². The molecular weight excluding hydrogens is 224 g/mol. The Morgan fingerprint density at radius 1 is 1.38 bits per heavy atom. The van der Waals surface area contributed by atoms with Crippen molar-refractivity contribution in [3.8, 4) is 0 Å². The Morgan fingerprint density at radius 2 is 1.88 bits per heavy atom. The second kappa shape index (κ2) is 4.63. The molecule has 0 unspecified atom stereocenters. The van der Waals surface area contributed by atoms with Crippen molar-refractivity contribution in [1.82, 2.24) is 9.62 Å². The van der Waals surface area contributed by atoms with Gasteiger partial charge in [0.1, 0.15) is 0 Å². The van der Waals surface area contributed by atoms with E-state index in [-0.39, 0.29) is 16.7 Å².